The van der Waals surface area contributed by atoms with Crippen LogP contribution in [0.3, 0.4) is 0 Å². The van der Waals surface area contributed by atoms with Crippen molar-refractivity contribution in [2.45, 2.75) is 33.4 Å². The molecule has 0 aliphatic rings. The van der Waals surface area contributed by atoms with Crippen molar-refractivity contribution >= 4 is 5.69 Å². The summed E-state index contributed by atoms with van der Waals surface area (Å²) in [6.07, 6.45) is 1.91. The van der Waals surface area contributed by atoms with Gasteiger partial charge in [-0.3, -0.25) is 4.68 Å². The molecule has 0 bridgehead atoms. The van der Waals surface area contributed by atoms with E-state index in [1.165, 1.54) is 18.2 Å². The highest BCUT2D eigenvalue weighted by Crippen LogP contribution is 2.21. The molecule has 0 fully saturated rings. The molecule has 2 aromatic rings. The lowest BCUT2D eigenvalue weighted by molar-refractivity contribution is 0.466. The molecule has 0 saturated carbocycles. The smallest absolute Gasteiger partial charge is 0.123 e. The van der Waals surface area contributed by atoms with Gasteiger partial charge in [0.2, 0.25) is 0 Å². The van der Waals surface area contributed by atoms with Crippen LogP contribution in [0.4, 0.5) is 10.1 Å². The molecule has 102 valence electrons. The molecule has 19 heavy (non-hydrogen) atoms. The van der Waals surface area contributed by atoms with Crippen LogP contribution in [0.25, 0.3) is 0 Å². The van der Waals surface area contributed by atoms with Crippen LogP contribution in [0.1, 0.15) is 31.1 Å². The zero-order chi connectivity index (χ0) is 14.0. The van der Waals surface area contributed by atoms with Crippen molar-refractivity contribution in [1.82, 2.24) is 9.78 Å². The minimum atomic E-state index is -0.357. The monoisotopic (exact) mass is 263 g/mol. The van der Waals surface area contributed by atoms with Crippen LogP contribution in [0, 0.1) is 12.7 Å². The highest BCUT2D eigenvalue weighted by atomic mass is 19.1. The van der Waals surface area contributed by atoms with Gasteiger partial charge in [-0.2, -0.15) is 5.10 Å². The second kappa shape index (κ2) is 5.30. The Morgan fingerprint density at radius 2 is 2.16 bits per heavy atom. The van der Waals surface area contributed by atoms with Crippen molar-refractivity contribution < 1.29 is 9.50 Å². The molecule has 0 amide bonds. The average molecular weight is 263 g/mol. The van der Waals surface area contributed by atoms with Crippen LogP contribution >= 0.6 is 0 Å². The van der Waals surface area contributed by atoms with E-state index in [9.17, 15) is 9.50 Å². The first-order valence-electron chi connectivity index (χ1n) is 6.24. The molecular weight excluding hydrogens is 245 g/mol. The molecule has 2 rings (SSSR count). The number of benzene rings is 1. The maximum atomic E-state index is 13.1. The Morgan fingerprint density at radius 1 is 1.42 bits per heavy atom. The number of aryl methyl sites for hydroxylation is 1. The van der Waals surface area contributed by atoms with Crippen molar-refractivity contribution in [3.8, 4) is 5.75 Å². The lowest BCUT2D eigenvalue weighted by atomic mass is 10.2. The third-order valence-electron chi connectivity index (χ3n) is 2.96. The summed E-state index contributed by atoms with van der Waals surface area (Å²) in [6, 6.07) is 4.21. The molecule has 0 unspecified atom stereocenters. The molecule has 4 nitrogen and oxygen atoms in total. The standard InChI is InChI=1S/C14H18FN3O/c1-9(2)18-8-13(10(3)17-18)16-7-11-6-12(15)4-5-14(11)19/h4-6,8-9,16,19H,7H2,1-3H3. The second-order valence-electron chi connectivity index (χ2n) is 4.83. The molecule has 0 spiro atoms. The van der Waals surface area contributed by atoms with Crippen molar-refractivity contribution in [2.24, 2.45) is 0 Å². The fourth-order valence-electron chi connectivity index (χ4n) is 1.81. The van der Waals surface area contributed by atoms with Gasteiger partial charge in [-0.05, 0) is 39.0 Å². The minimum absolute atomic E-state index is 0.0859. The van der Waals surface area contributed by atoms with Gasteiger partial charge in [0.25, 0.3) is 0 Å². The quantitative estimate of drug-likeness (QED) is 0.890. The summed E-state index contributed by atoms with van der Waals surface area (Å²) in [7, 11) is 0. The summed E-state index contributed by atoms with van der Waals surface area (Å²) < 4.78 is 15.0. The lowest BCUT2D eigenvalue weighted by Gasteiger charge is -2.07. The van der Waals surface area contributed by atoms with Gasteiger partial charge in [0.05, 0.1) is 11.4 Å². The molecule has 0 radical (unpaired) electrons. The zero-order valence-electron chi connectivity index (χ0n) is 11.3. The molecule has 1 aromatic carbocycles. The molecule has 0 atom stereocenters. The van der Waals surface area contributed by atoms with E-state index in [2.05, 4.69) is 24.3 Å². The van der Waals surface area contributed by atoms with Crippen LogP contribution < -0.4 is 5.32 Å². The van der Waals surface area contributed by atoms with Crippen molar-refractivity contribution in [2.75, 3.05) is 5.32 Å². The van der Waals surface area contributed by atoms with Gasteiger partial charge in [0.1, 0.15) is 11.6 Å². The molecule has 0 saturated heterocycles. The van der Waals surface area contributed by atoms with Crippen LogP contribution in [0.2, 0.25) is 0 Å². The summed E-state index contributed by atoms with van der Waals surface area (Å²) in [5.74, 6) is -0.271. The number of anilines is 1. The van der Waals surface area contributed by atoms with Gasteiger partial charge in [-0.1, -0.05) is 0 Å². The zero-order valence-corrected chi connectivity index (χ0v) is 11.3. The number of nitrogens with zero attached hydrogens (tertiary/aromatic N) is 2. The number of halogens is 1. The summed E-state index contributed by atoms with van der Waals surface area (Å²) >= 11 is 0. The number of phenols is 1. The van der Waals surface area contributed by atoms with Gasteiger partial charge in [-0.15, -0.1) is 0 Å². The molecule has 0 aliphatic carbocycles. The predicted octanol–water partition coefficient (Wildman–Crippen LogP) is 3.23. The van der Waals surface area contributed by atoms with Crippen LogP contribution in [-0.4, -0.2) is 14.9 Å². The maximum Gasteiger partial charge on any atom is 0.123 e. The van der Waals surface area contributed by atoms with Crippen LogP contribution in [-0.2, 0) is 6.54 Å². The second-order valence-corrected chi connectivity index (χ2v) is 4.83. The number of aromatic nitrogens is 2. The maximum absolute atomic E-state index is 13.1. The van der Waals surface area contributed by atoms with E-state index in [0.29, 0.717) is 12.1 Å². The Morgan fingerprint density at radius 3 is 2.79 bits per heavy atom. The Kier molecular flexibility index (Phi) is 3.74. The molecule has 1 heterocycles. The third kappa shape index (κ3) is 3.05. The van der Waals surface area contributed by atoms with Gasteiger partial charge in [0, 0.05) is 24.3 Å². The number of hydrogen-bond donors (Lipinski definition) is 2. The Bertz CT molecular complexity index is 578. The Balaban J connectivity index is 2.12. The van der Waals surface area contributed by atoms with E-state index in [4.69, 9.17) is 0 Å². The van der Waals surface area contributed by atoms with Gasteiger partial charge >= 0.3 is 0 Å². The number of hydrogen-bond acceptors (Lipinski definition) is 3. The van der Waals surface area contributed by atoms with Crippen molar-refractivity contribution in [1.29, 1.82) is 0 Å². The van der Waals surface area contributed by atoms with E-state index >= 15 is 0 Å². The Labute approximate surface area is 111 Å². The van der Waals surface area contributed by atoms with Gasteiger partial charge in [-0.25, -0.2) is 4.39 Å². The third-order valence-corrected chi connectivity index (χ3v) is 2.96. The largest absolute Gasteiger partial charge is 0.508 e. The normalized spacial score (nSPS) is 11.0. The molecular formula is C14H18FN3O. The SMILES string of the molecule is Cc1nn(C(C)C)cc1NCc1cc(F)ccc1O. The molecule has 2 N–H and O–H groups in total. The first-order chi connectivity index (χ1) is 8.97. The summed E-state index contributed by atoms with van der Waals surface area (Å²) in [5.41, 5.74) is 2.29. The van der Waals surface area contributed by atoms with Crippen molar-refractivity contribution in [3.05, 3.63) is 41.5 Å². The average Bonchev–Trinajstić information content (AvgIpc) is 2.72. The van der Waals surface area contributed by atoms with E-state index in [1.807, 2.05) is 17.8 Å². The number of rotatable bonds is 4. The van der Waals surface area contributed by atoms with Gasteiger partial charge < -0.3 is 10.4 Å². The van der Waals surface area contributed by atoms with Crippen LogP contribution in [0.5, 0.6) is 5.75 Å². The summed E-state index contributed by atoms with van der Waals surface area (Å²) in [4.78, 5) is 0. The van der Waals surface area contributed by atoms with E-state index < -0.39 is 0 Å². The summed E-state index contributed by atoms with van der Waals surface area (Å²) in [6.45, 7) is 6.37. The topological polar surface area (TPSA) is 50.1 Å². The first-order valence-corrected chi connectivity index (χ1v) is 6.24. The number of phenolic OH excluding ortho intramolecular Hbond substituents is 1. The molecule has 0 aliphatic heterocycles. The number of nitrogens with one attached hydrogen (secondary N) is 1. The van der Waals surface area contributed by atoms with Crippen LogP contribution in [0.15, 0.2) is 24.4 Å². The molecule has 5 heteroatoms. The van der Waals surface area contributed by atoms with E-state index in [-0.39, 0.29) is 17.6 Å². The predicted molar refractivity (Wildman–Crippen MR) is 72.7 cm³/mol. The number of aromatic hydroxyl groups is 1. The van der Waals surface area contributed by atoms with Crippen molar-refractivity contribution in [3.63, 3.8) is 0 Å². The highest BCUT2D eigenvalue weighted by Gasteiger charge is 2.08. The van der Waals surface area contributed by atoms with E-state index in [1.54, 1.807) is 0 Å². The lowest BCUT2D eigenvalue weighted by Crippen LogP contribution is -2.01. The van der Waals surface area contributed by atoms with Gasteiger partial charge in [0.15, 0.2) is 0 Å². The Hall–Kier alpha value is -2.04. The van der Waals surface area contributed by atoms with E-state index in [0.717, 1.165) is 11.4 Å². The summed E-state index contributed by atoms with van der Waals surface area (Å²) in [5, 5.41) is 17.2. The fraction of sp³-hybridized carbons (Fsp3) is 0.357. The fourth-order valence-corrected chi connectivity index (χ4v) is 1.81. The first kappa shape index (κ1) is 13.4. The highest BCUT2D eigenvalue weighted by molar-refractivity contribution is 5.47. The minimum Gasteiger partial charge on any atom is -0.508 e. The molecule has 1 aromatic heterocycles.